The summed E-state index contributed by atoms with van der Waals surface area (Å²) in [5, 5.41) is 4.11. The summed E-state index contributed by atoms with van der Waals surface area (Å²) in [6.45, 7) is 0. The summed E-state index contributed by atoms with van der Waals surface area (Å²) in [6, 6.07) is 3.47. The van der Waals surface area contributed by atoms with Gasteiger partial charge in [-0.05, 0) is 25.0 Å². The Morgan fingerprint density at radius 2 is 1.72 bits per heavy atom. The Morgan fingerprint density at radius 3 is 2.28 bits per heavy atom. The first-order chi connectivity index (χ1) is 12.2. The van der Waals surface area contributed by atoms with Crippen molar-refractivity contribution in [3.8, 4) is 28.6 Å². The monoisotopic (exact) mass is 347 g/mol. The molecular weight excluding hydrogens is 326 g/mol. The minimum atomic E-state index is -0.105. The van der Waals surface area contributed by atoms with E-state index in [1.54, 1.807) is 33.5 Å². The van der Waals surface area contributed by atoms with Gasteiger partial charge in [-0.15, -0.1) is 0 Å². The second-order valence-corrected chi connectivity index (χ2v) is 6.26. The van der Waals surface area contributed by atoms with Crippen LogP contribution in [-0.4, -0.2) is 49.7 Å². The smallest absolute Gasteiger partial charge is 0.234 e. The van der Waals surface area contributed by atoms with E-state index in [1.165, 1.54) is 0 Å². The first-order valence-corrected chi connectivity index (χ1v) is 8.21. The number of hydrogen-bond donors (Lipinski definition) is 1. The molecule has 25 heavy (non-hydrogen) atoms. The Kier molecular flexibility index (Phi) is 4.01. The lowest BCUT2D eigenvalue weighted by Gasteiger charge is -2.20. The van der Waals surface area contributed by atoms with Gasteiger partial charge in [-0.1, -0.05) is 5.16 Å². The molecule has 2 N–H and O–H groups in total. The predicted molar refractivity (Wildman–Crippen MR) is 88.0 cm³/mol. The van der Waals surface area contributed by atoms with Crippen LogP contribution in [0.2, 0.25) is 0 Å². The number of methoxy groups -OCH3 is 3. The van der Waals surface area contributed by atoms with Crippen molar-refractivity contribution in [3.63, 3.8) is 0 Å². The topological polar surface area (TPSA) is 102 Å². The highest BCUT2D eigenvalue weighted by molar-refractivity contribution is 5.66. The third-order valence-corrected chi connectivity index (χ3v) is 4.98. The van der Waals surface area contributed by atoms with Crippen molar-refractivity contribution in [2.75, 3.05) is 21.3 Å². The number of nitrogens with two attached hydrogens (primary N) is 1. The van der Waals surface area contributed by atoms with Crippen molar-refractivity contribution in [1.82, 2.24) is 10.1 Å². The Labute approximate surface area is 145 Å². The molecule has 2 saturated heterocycles. The van der Waals surface area contributed by atoms with Crippen LogP contribution in [0.1, 0.15) is 24.7 Å². The lowest BCUT2D eigenvalue weighted by atomic mass is 9.85. The minimum Gasteiger partial charge on any atom is -0.493 e. The van der Waals surface area contributed by atoms with Gasteiger partial charge < -0.3 is 29.2 Å². The van der Waals surface area contributed by atoms with E-state index in [4.69, 9.17) is 29.2 Å². The zero-order chi connectivity index (χ0) is 17.6. The zero-order valence-corrected chi connectivity index (χ0v) is 14.4. The van der Waals surface area contributed by atoms with Gasteiger partial charge in [0.05, 0.1) is 39.5 Å². The quantitative estimate of drug-likeness (QED) is 0.872. The molecule has 0 radical (unpaired) electrons. The van der Waals surface area contributed by atoms with E-state index in [9.17, 15) is 0 Å². The number of rotatable bonds is 5. The Bertz CT molecular complexity index is 750. The van der Waals surface area contributed by atoms with Crippen molar-refractivity contribution in [1.29, 1.82) is 0 Å². The fraction of sp³-hybridized carbons (Fsp3) is 0.529. The number of aromatic nitrogens is 2. The summed E-state index contributed by atoms with van der Waals surface area (Å²) in [5.41, 5.74) is 6.97. The largest absolute Gasteiger partial charge is 0.493 e. The zero-order valence-electron chi connectivity index (χ0n) is 14.4. The summed E-state index contributed by atoms with van der Waals surface area (Å²) in [6.07, 6.45) is 2.13. The molecule has 0 saturated carbocycles. The molecule has 4 rings (SSSR count). The normalized spacial score (nSPS) is 27.5. The molecule has 1 aromatic carbocycles. The van der Waals surface area contributed by atoms with Gasteiger partial charge in [-0.2, -0.15) is 4.98 Å². The van der Waals surface area contributed by atoms with E-state index < -0.39 is 0 Å². The average Bonchev–Trinajstić information content (AvgIpc) is 3.36. The maximum atomic E-state index is 6.26. The van der Waals surface area contributed by atoms with Crippen LogP contribution in [-0.2, 0) is 4.74 Å². The Morgan fingerprint density at radius 1 is 1.04 bits per heavy atom. The van der Waals surface area contributed by atoms with Crippen molar-refractivity contribution in [2.24, 2.45) is 5.73 Å². The average molecular weight is 347 g/mol. The van der Waals surface area contributed by atoms with Gasteiger partial charge >= 0.3 is 0 Å². The first kappa shape index (κ1) is 16.2. The van der Waals surface area contributed by atoms with E-state index in [0.717, 1.165) is 12.8 Å². The van der Waals surface area contributed by atoms with Crippen LogP contribution in [0.5, 0.6) is 17.2 Å². The summed E-state index contributed by atoms with van der Waals surface area (Å²) >= 11 is 0. The van der Waals surface area contributed by atoms with Crippen LogP contribution in [0.25, 0.3) is 11.4 Å². The number of fused-ring (bicyclic) bond motifs is 2. The van der Waals surface area contributed by atoms with Crippen LogP contribution in [0.4, 0.5) is 0 Å². The highest BCUT2D eigenvalue weighted by Crippen LogP contribution is 2.44. The molecule has 0 aliphatic carbocycles. The van der Waals surface area contributed by atoms with Crippen LogP contribution >= 0.6 is 0 Å². The maximum Gasteiger partial charge on any atom is 0.234 e. The van der Waals surface area contributed by atoms with Crippen LogP contribution < -0.4 is 19.9 Å². The maximum absolute atomic E-state index is 6.26. The third kappa shape index (κ3) is 2.52. The highest BCUT2D eigenvalue weighted by Gasteiger charge is 2.50. The highest BCUT2D eigenvalue weighted by atomic mass is 16.5. The molecule has 0 amide bonds. The molecule has 2 fully saturated rings. The number of nitrogens with zero attached hydrogens (tertiary/aromatic N) is 2. The molecule has 134 valence electrons. The molecule has 1 aromatic heterocycles. The molecule has 2 bridgehead atoms. The van der Waals surface area contributed by atoms with Gasteiger partial charge in [-0.25, -0.2) is 0 Å². The van der Waals surface area contributed by atoms with Crippen LogP contribution in [0.15, 0.2) is 16.7 Å². The van der Waals surface area contributed by atoms with Crippen molar-refractivity contribution in [3.05, 3.63) is 18.0 Å². The third-order valence-electron chi connectivity index (χ3n) is 4.98. The predicted octanol–water partition coefficient (Wildman–Crippen LogP) is 1.73. The van der Waals surface area contributed by atoms with Gasteiger partial charge in [-0.3, -0.25) is 0 Å². The molecule has 0 spiro atoms. The van der Waals surface area contributed by atoms with Gasteiger partial charge in [0, 0.05) is 11.6 Å². The van der Waals surface area contributed by atoms with Crippen LogP contribution in [0, 0.1) is 0 Å². The van der Waals surface area contributed by atoms with Crippen molar-refractivity contribution in [2.45, 2.75) is 37.0 Å². The van der Waals surface area contributed by atoms with E-state index in [1.807, 2.05) is 0 Å². The van der Waals surface area contributed by atoms with Gasteiger partial charge in [0.25, 0.3) is 0 Å². The summed E-state index contributed by atoms with van der Waals surface area (Å²) in [4.78, 5) is 4.55. The second-order valence-electron chi connectivity index (χ2n) is 6.26. The van der Waals surface area contributed by atoms with Gasteiger partial charge in [0.2, 0.25) is 17.5 Å². The van der Waals surface area contributed by atoms with Crippen molar-refractivity contribution < 1.29 is 23.5 Å². The van der Waals surface area contributed by atoms with Gasteiger partial charge in [0.1, 0.15) is 0 Å². The molecule has 4 atom stereocenters. The lowest BCUT2D eigenvalue weighted by molar-refractivity contribution is 0.0951. The standard InChI is InChI=1S/C17H21N3O5/c1-21-11-6-8(7-12(22-2)15(11)23-3)16-19-17(25-20-16)13-9-4-5-10(24-9)14(13)18/h6-7,9-10,13-14H,4-5,18H2,1-3H3/t9-,10+,13-,14+/m0/s1. The molecule has 8 nitrogen and oxygen atoms in total. The summed E-state index contributed by atoms with van der Waals surface area (Å²) < 4.78 is 27.4. The van der Waals surface area contributed by atoms with Gasteiger partial charge in [0.15, 0.2) is 11.5 Å². The number of ether oxygens (including phenoxy) is 4. The van der Waals surface area contributed by atoms with E-state index in [0.29, 0.717) is 34.5 Å². The first-order valence-electron chi connectivity index (χ1n) is 8.21. The van der Waals surface area contributed by atoms with Crippen molar-refractivity contribution >= 4 is 0 Å². The molecule has 0 unspecified atom stereocenters. The molecule has 8 heteroatoms. The SMILES string of the molecule is COc1cc(-c2noc([C@@H]3[C@H](N)[C@H]4CC[C@@H]3O4)n2)cc(OC)c1OC. The summed E-state index contributed by atoms with van der Waals surface area (Å²) in [5.74, 6) is 2.49. The fourth-order valence-electron chi connectivity index (χ4n) is 3.74. The molecular formula is C17H21N3O5. The van der Waals surface area contributed by atoms with E-state index in [2.05, 4.69) is 10.1 Å². The molecule has 2 aliphatic heterocycles. The Hall–Kier alpha value is -2.32. The number of hydrogen-bond acceptors (Lipinski definition) is 8. The second kappa shape index (κ2) is 6.20. The Balaban J connectivity index is 1.68. The number of benzene rings is 1. The minimum absolute atomic E-state index is 0.0537. The lowest BCUT2D eigenvalue weighted by Crippen LogP contribution is -2.38. The molecule has 3 heterocycles. The molecule has 2 aromatic rings. The van der Waals surface area contributed by atoms with E-state index >= 15 is 0 Å². The summed E-state index contributed by atoms with van der Waals surface area (Å²) in [7, 11) is 4.69. The van der Waals surface area contributed by atoms with E-state index in [-0.39, 0.29) is 24.2 Å². The molecule has 2 aliphatic rings. The van der Waals surface area contributed by atoms with Crippen LogP contribution in [0.3, 0.4) is 0 Å². The fourth-order valence-corrected chi connectivity index (χ4v) is 3.74.